The fraction of sp³-hybridized carbons (Fsp3) is 0.0526. The standard InChI is InChI=1S/C38H34Si2/c1-6-16-31(17-7-1)32-26-28-33(29-27-32)38(40(36-22-12-4-13-23-36)37-24-14-5-15-25-37)30-39(34-18-8-2-9-19-34)35-20-10-3-11-21-35/h1-29,38-40H,30H2. The molecule has 0 saturated heterocycles. The highest BCUT2D eigenvalue weighted by molar-refractivity contribution is 6.90. The zero-order valence-corrected chi connectivity index (χ0v) is 25.0. The molecule has 0 aromatic heterocycles. The summed E-state index contributed by atoms with van der Waals surface area (Å²) in [6, 6.07) is 66.7. The summed E-state index contributed by atoms with van der Waals surface area (Å²) in [7, 11) is -3.17. The van der Waals surface area contributed by atoms with Gasteiger partial charge in [-0.05, 0) is 28.3 Å². The lowest BCUT2D eigenvalue weighted by Gasteiger charge is -2.31. The van der Waals surface area contributed by atoms with Gasteiger partial charge in [0, 0.05) is 0 Å². The zero-order chi connectivity index (χ0) is 27.0. The minimum atomic E-state index is -1.65. The minimum absolute atomic E-state index is 0.465. The summed E-state index contributed by atoms with van der Waals surface area (Å²) in [5.74, 6) is 0. The lowest BCUT2D eigenvalue weighted by Crippen LogP contribution is -2.51. The van der Waals surface area contributed by atoms with Gasteiger partial charge in [-0.3, -0.25) is 0 Å². The van der Waals surface area contributed by atoms with Crippen molar-refractivity contribution in [3.63, 3.8) is 0 Å². The van der Waals surface area contributed by atoms with E-state index in [1.807, 2.05) is 0 Å². The van der Waals surface area contributed by atoms with E-state index in [4.69, 9.17) is 0 Å². The molecule has 0 N–H and O–H groups in total. The number of hydrogen-bond acceptors (Lipinski definition) is 0. The van der Waals surface area contributed by atoms with E-state index in [0.29, 0.717) is 5.54 Å². The van der Waals surface area contributed by atoms with Crippen LogP contribution in [-0.2, 0) is 0 Å². The van der Waals surface area contributed by atoms with Crippen molar-refractivity contribution in [2.75, 3.05) is 0 Å². The molecule has 0 heterocycles. The first-order valence-electron chi connectivity index (χ1n) is 14.2. The van der Waals surface area contributed by atoms with E-state index in [1.54, 1.807) is 0 Å². The van der Waals surface area contributed by atoms with Crippen LogP contribution in [0.2, 0.25) is 6.04 Å². The first-order valence-corrected chi connectivity index (χ1v) is 18.0. The molecule has 6 rings (SSSR count). The topological polar surface area (TPSA) is 0 Å². The summed E-state index contributed by atoms with van der Waals surface area (Å²) in [5.41, 5.74) is 4.48. The molecule has 1 atom stereocenters. The Morgan fingerprint density at radius 2 is 0.700 bits per heavy atom. The smallest absolute Gasteiger partial charge is 0.0629 e. The maximum Gasteiger partial charge on any atom is 0.110 e. The molecule has 0 spiro atoms. The zero-order valence-electron chi connectivity index (χ0n) is 22.7. The van der Waals surface area contributed by atoms with Crippen molar-refractivity contribution in [2.45, 2.75) is 11.6 Å². The van der Waals surface area contributed by atoms with Gasteiger partial charge in [-0.15, -0.1) is 0 Å². The lowest BCUT2D eigenvalue weighted by atomic mass is 10.0. The first-order chi connectivity index (χ1) is 19.9. The highest BCUT2D eigenvalue weighted by Gasteiger charge is 2.32. The largest absolute Gasteiger partial charge is 0.110 e. The summed E-state index contributed by atoms with van der Waals surface area (Å²) in [5, 5.41) is 6.07. The van der Waals surface area contributed by atoms with Crippen molar-refractivity contribution in [2.24, 2.45) is 0 Å². The van der Waals surface area contributed by atoms with Gasteiger partial charge in [0.25, 0.3) is 0 Å². The van der Waals surface area contributed by atoms with Gasteiger partial charge in [-0.2, -0.15) is 0 Å². The highest BCUT2D eigenvalue weighted by Crippen LogP contribution is 2.28. The van der Waals surface area contributed by atoms with Crippen LogP contribution in [-0.4, -0.2) is 17.6 Å². The Morgan fingerprint density at radius 3 is 1.12 bits per heavy atom. The van der Waals surface area contributed by atoms with Gasteiger partial charge >= 0.3 is 0 Å². The van der Waals surface area contributed by atoms with Crippen LogP contribution < -0.4 is 20.7 Å². The third kappa shape index (κ3) is 5.99. The number of rotatable bonds is 9. The maximum absolute atomic E-state index is 2.42. The molecule has 0 aliphatic carbocycles. The van der Waals surface area contributed by atoms with Crippen LogP contribution in [0.4, 0.5) is 0 Å². The maximum atomic E-state index is 2.42. The van der Waals surface area contributed by atoms with Crippen LogP contribution in [0.1, 0.15) is 11.1 Å². The van der Waals surface area contributed by atoms with Crippen LogP contribution in [0.15, 0.2) is 176 Å². The van der Waals surface area contributed by atoms with Crippen LogP contribution in [0.5, 0.6) is 0 Å². The minimum Gasteiger partial charge on any atom is -0.0629 e. The fourth-order valence-electron chi connectivity index (χ4n) is 6.09. The second kappa shape index (κ2) is 12.7. The Labute approximate surface area is 241 Å². The van der Waals surface area contributed by atoms with Crippen molar-refractivity contribution in [1.82, 2.24) is 0 Å². The van der Waals surface area contributed by atoms with Crippen LogP contribution in [0, 0.1) is 0 Å². The third-order valence-corrected chi connectivity index (χ3v) is 15.6. The summed E-state index contributed by atoms with van der Waals surface area (Å²) >= 11 is 0. The van der Waals surface area contributed by atoms with Crippen molar-refractivity contribution in [3.8, 4) is 11.1 Å². The van der Waals surface area contributed by atoms with Gasteiger partial charge in [0.05, 0.1) is 0 Å². The average Bonchev–Trinajstić information content (AvgIpc) is 3.05. The Hall–Kier alpha value is -4.25. The van der Waals surface area contributed by atoms with Gasteiger partial charge in [0.2, 0.25) is 0 Å². The van der Waals surface area contributed by atoms with Gasteiger partial charge in [-0.25, -0.2) is 0 Å². The molecule has 0 bridgehead atoms. The average molecular weight is 547 g/mol. The molecule has 1 unspecified atom stereocenters. The molecule has 6 aromatic carbocycles. The summed E-state index contributed by atoms with van der Waals surface area (Å²) in [4.78, 5) is 0. The molecule has 0 nitrogen and oxygen atoms in total. The molecule has 0 saturated carbocycles. The van der Waals surface area contributed by atoms with Gasteiger partial charge in [0.1, 0.15) is 17.6 Å². The molecule has 40 heavy (non-hydrogen) atoms. The van der Waals surface area contributed by atoms with Gasteiger partial charge < -0.3 is 0 Å². The Bertz CT molecular complexity index is 1510. The van der Waals surface area contributed by atoms with Crippen molar-refractivity contribution >= 4 is 38.3 Å². The van der Waals surface area contributed by atoms with E-state index >= 15 is 0 Å². The molecular weight excluding hydrogens is 513 g/mol. The second-order valence-electron chi connectivity index (χ2n) is 10.5. The molecule has 0 amide bonds. The summed E-state index contributed by atoms with van der Waals surface area (Å²) in [6.45, 7) is 0. The van der Waals surface area contributed by atoms with Crippen molar-refractivity contribution < 1.29 is 0 Å². The number of benzene rings is 6. The van der Waals surface area contributed by atoms with Crippen molar-refractivity contribution in [1.29, 1.82) is 0 Å². The van der Waals surface area contributed by atoms with E-state index in [9.17, 15) is 0 Å². The molecule has 6 aromatic rings. The molecule has 2 heteroatoms. The van der Waals surface area contributed by atoms with E-state index < -0.39 is 17.6 Å². The van der Waals surface area contributed by atoms with E-state index in [0.717, 1.165) is 0 Å². The molecule has 0 aliphatic rings. The van der Waals surface area contributed by atoms with E-state index in [2.05, 4.69) is 176 Å². The highest BCUT2D eigenvalue weighted by atomic mass is 28.3. The Balaban J connectivity index is 1.49. The predicted molar refractivity (Wildman–Crippen MR) is 178 cm³/mol. The Morgan fingerprint density at radius 1 is 0.350 bits per heavy atom. The monoisotopic (exact) mass is 546 g/mol. The van der Waals surface area contributed by atoms with Crippen LogP contribution >= 0.6 is 0 Å². The van der Waals surface area contributed by atoms with Crippen molar-refractivity contribution in [3.05, 3.63) is 181 Å². The molecule has 194 valence electrons. The van der Waals surface area contributed by atoms with Crippen LogP contribution in [0.3, 0.4) is 0 Å². The quantitative estimate of drug-likeness (QED) is 0.193. The Kier molecular flexibility index (Phi) is 8.28. The predicted octanol–water partition coefficient (Wildman–Crippen LogP) is 6.06. The summed E-state index contributed by atoms with van der Waals surface area (Å²) < 4.78 is 0. The molecule has 0 fully saturated rings. The normalized spacial score (nSPS) is 11.9. The number of hydrogen-bond donors (Lipinski definition) is 0. The summed E-state index contributed by atoms with van der Waals surface area (Å²) in [6.07, 6.45) is 0. The van der Waals surface area contributed by atoms with Gasteiger partial charge in [0.15, 0.2) is 0 Å². The second-order valence-corrected chi connectivity index (χ2v) is 16.5. The van der Waals surface area contributed by atoms with E-state index in [1.165, 1.54) is 43.5 Å². The third-order valence-electron chi connectivity index (χ3n) is 8.06. The van der Waals surface area contributed by atoms with Gasteiger partial charge in [-0.1, -0.05) is 197 Å². The first kappa shape index (κ1) is 26.0. The van der Waals surface area contributed by atoms with E-state index in [-0.39, 0.29) is 0 Å². The molecular formula is C38H34Si2. The fourth-order valence-corrected chi connectivity index (χ4v) is 14.3. The molecule has 0 radical (unpaired) electrons. The lowest BCUT2D eigenvalue weighted by molar-refractivity contribution is 1.04. The molecule has 0 aliphatic heterocycles. The van der Waals surface area contributed by atoms with Crippen LogP contribution in [0.25, 0.3) is 11.1 Å². The SMILES string of the molecule is c1ccc(-c2ccc(C(C[SiH](c3ccccc3)c3ccccc3)[SiH](c3ccccc3)c3ccccc3)cc2)cc1.